The normalized spacial score (nSPS) is 15.2. The highest BCUT2D eigenvalue weighted by molar-refractivity contribution is 4.71. The minimum atomic E-state index is -0.355. The van der Waals surface area contributed by atoms with Crippen LogP contribution < -0.4 is 5.32 Å². The summed E-state index contributed by atoms with van der Waals surface area (Å²) < 4.78 is 10.1. The Morgan fingerprint density at radius 1 is 1.29 bits per heavy atom. The first-order valence-corrected chi connectivity index (χ1v) is 6.26. The predicted octanol–water partition coefficient (Wildman–Crippen LogP) is -0.0599. The first kappa shape index (κ1) is 16.8. The Morgan fingerprint density at radius 3 is 2.53 bits per heavy atom. The Hall–Kier alpha value is -0.200. The largest absolute Gasteiger partial charge is 0.390 e. The minimum Gasteiger partial charge on any atom is -0.390 e. The van der Waals surface area contributed by atoms with E-state index in [0.717, 1.165) is 13.1 Å². The monoisotopic (exact) mass is 248 g/mol. The van der Waals surface area contributed by atoms with E-state index in [1.165, 1.54) is 0 Å². The molecule has 17 heavy (non-hydrogen) atoms. The molecule has 2 N–H and O–H groups in total. The van der Waals surface area contributed by atoms with Crippen LogP contribution in [-0.4, -0.2) is 75.8 Å². The Morgan fingerprint density at radius 2 is 2.00 bits per heavy atom. The number of likely N-dealkylation sites (N-methyl/N-ethyl adjacent to an activating group) is 1. The maximum absolute atomic E-state index is 9.88. The van der Waals surface area contributed by atoms with E-state index in [2.05, 4.69) is 24.1 Å². The molecule has 0 aromatic carbocycles. The van der Waals surface area contributed by atoms with Crippen LogP contribution in [0.1, 0.15) is 13.8 Å². The molecule has 0 radical (unpaired) electrons. The summed E-state index contributed by atoms with van der Waals surface area (Å²) >= 11 is 0. The van der Waals surface area contributed by atoms with Gasteiger partial charge in [-0.2, -0.15) is 0 Å². The van der Waals surface area contributed by atoms with Crippen LogP contribution in [0.2, 0.25) is 0 Å². The second-order valence-electron chi connectivity index (χ2n) is 4.24. The number of rotatable bonds is 11. The fourth-order valence-electron chi connectivity index (χ4n) is 1.75. The predicted molar refractivity (Wildman–Crippen MR) is 69.3 cm³/mol. The van der Waals surface area contributed by atoms with E-state index < -0.39 is 0 Å². The molecule has 0 aromatic rings. The Kier molecular flexibility index (Phi) is 10.8. The lowest BCUT2D eigenvalue weighted by molar-refractivity contribution is 0.0577. The van der Waals surface area contributed by atoms with Gasteiger partial charge < -0.3 is 19.9 Å². The fraction of sp³-hybridized carbons (Fsp3) is 1.00. The van der Waals surface area contributed by atoms with E-state index in [0.29, 0.717) is 32.3 Å². The van der Waals surface area contributed by atoms with Gasteiger partial charge in [0, 0.05) is 39.9 Å². The summed E-state index contributed by atoms with van der Waals surface area (Å²) in [6, 6.07) is 0.332. The number of aliphatic hydroxyl groups is 1. The molecule has 0 aliphatic heterocycles. The zero-order valence-electron chi connectivity index (χ0n) is 11.6. The minimum absolute atomic E-state index is 0.332. The van der Waals surface area contributed by atoms with Crippen LogP contribution in [-0.2, 0) is 9.47 Å². The van der Waals surface area contributed by atoms with Crippen molar-refractivity contribution in [3.05, 3.63) is 0 Å². The van der Waals surface area contributed by atoms with Crippen molar-refractivity contribution in [2.75, 3.05) is 53.6 Å². The van der Waals surface area contributed by atoms with Crippen molar-refractivity contribution in [1.29, 1.82) is 0 Å². The zero-order valence-corrected chi connectivity index (χ0v) is 11.6. The number of aliphatic hydroxyl groups excluding tert-OH is 1. The summed E-state index contributed by atoms with van der Waals surface area (Å²) in [6.45, 7) is 8.52. The van der Waals surface area contributed by atoms with Gasteiger partial charge in [0.25, 0.3) is 0 Å². The Labute approximate surface area is 105 Å². The molecule has 5 heteroatoms. The third-order valence-electron chi connectivity index (χ3n) is 2.75. The molecule has 0 saturated carbocycles. The second kappa shape index (κ2) is 10.9. The number of nitrogens with one attached hydrogen (secondary N) is 1. The van der Waals surface area contributed by atoms with Gasteiger partial charge in [-0.05, 0) is 13.5 Å². The average Bonchev–Trinajstić information content (AvgIpc) is 2.32. The topological polar surface area (TPSA) is 54.0 Å². The number of methoxy groups -OCH3 is 2. The van der Waals surface area contributed by atoms with E-state index in [1.54, 1.807) is 14.2 Å². The highest BCUT2D eigenvalue weighted by atomic mass is 16.5. The van der Waals surface area contributed by atoms with E-state index in [9.17, 15) is 5.11 Å². The SMILES string of the molecule is CCN(CC(O)CNCCOC)C(C)COC. The molecular formula is C12H28N2O3. The molecule has 0 aliphatic carbocycles. The van der Waals surface area contributed by atoms with Gasteiger partial charge in [0.15, 0.2) is 0 Å². The maximum atomic E-state index is 9.88. The lowest BCUT2D eigenvalue weighted by atomic mass is 10.2. The molecule has 0 aromatic heterocycles. The standard InChI is InChI=1S/C12H28N2O3/c1-5-14(11(2)10-17-4)9-12(15)8-13-6-7-16-3/h11-13,15H,5-10H2,1-4H3. The van der Waals surface area contributed by atoms with Crippen LogP contribution in [0.25, 0.3) is 0 Å². The molecule has 0 amide bonds. The molecule has 0 aliphatic rings. The van der Waals surface area contributed by atoms with Gasteiger partial charge in [-0.3, -0.25) is 4.90 Å². The highest BCUT2D eigenvalue weighted by Gasteiger charge is 2.15. The number of hydrogen-bond acceptors (Lipinski definition) is 5. The van der Waals surface area contributed by atoms with Crippen molar-refractivity contribution in [3.8, 4) is 0 Å². The van der Waals surface area contributed by atoms with Crippen LogP contribution in [0.15, 0.2) is 0 Å². The Bertz CT molecular complexity index is 170. The molecule has 104 valence electrons. The maximum Gasteiger partial charge on any atom is 0.0791 e. The molecule has 5 nitrogen and oxygen atoms in total. The third-order valence-corrected chi connectivity index (χ3v) is 2.75. The third kappa shape index (κ3) is 8.51. The molecule has 0 saturated heterocycles. The van der Waals surface area contributed by atoms with Crippen molar-refractivity contribution in [1.82, 2.24) is 10.2 Å². The van der Waals surface area contributed by atoms with Crippen molar-refractivity contribution in [2.24, 2.45) is 0 Å². The first-order valence-electron chi connectivity index (χ1n) is 6.26. The van der Waals surface area contributed by atoms with Crippen molar-refractivity contribution < 1.29 is 14.6 Å². The van der Waals surface area contributed by atoms with Crippen LogP contribution in [0.5, 0.6) is 0 Å². The quantitative estimate of drug-likeness (QED) is 0.502. The van der Waals surface area contributed by atoms with Gasteiger partial charge in [0.1, 0.15) is 0 Å². The van der Waals surface area contributed by atoms with Crippen LogP contribution in [0, 0.1) is 0 Å². The van der Waals surface area contributed by atoms with Crippen molar-refractivity contribution in [2.45, 2.75) is 26.0 Å². The smallest absolute Gasteiger partial charge is 0.0791 e. The molecule has 0 spiro atoms. The molecule has 0 fully saturated rings. The van der Waals surface area contributed by atoms with Crippen molar-refractivity contribution in [3.63, 3.8) is 0 Å². The summed E-state index contributed by atoms with van der Waals surface area (Å²) in [7, 11) is 3.37. The highest BCUT2D eigenvalue weighted by Crippen LogP contribution is 2.00. The lowest BCUT2D eigenvalue weighted by Crippen LogP contribution is -2.44. The first-order chi connectivity index (χ1) is 8.15. The van der Waals surface area contributed by atoms with E-state index in [1.807, 2.05) is 0 Å². The second-order valence-corrected chi connectivity index (χ2v) is 4.24. The van der Waals surface area contributed by atoms with Crippen LogP contribution >= 0.6 is 0 Å². The van der Waals surface area contributed by atoms with Crippen LogP contribution in [0.4, 0.5) is 0 Å². The van der Waals surface area contributed by atoms with Gasteiger partial charge in [-0.15, -0.1) is 0 Å². The molecule has 2 atom stereocenters. The summed E-state index contributed by atoms with van der Waals surface area (Å²) in [5.41, 5.74) is 0. The lowest BCUT2D eigenvalue weighted by Gasteiger charge is -2.29. The number of hydrogen-bond donors (Lipinski definition) is 2. The molecule has 0 bridgehead atoms. The summed E-state index contributed by atoms with van der Waals surface area (Å²) in [5, 5.41) is 13.0. The number of nitrogens with zero attached hydrogens (tertiary/aromatic N) is 1. The van der Waals surface area contributed by atoms with Gasteiger partial charge in [0.05, 0.1) is 19.3 Å². The molecular weight excluding hydrogens is 220 g/mol. The van der Waals surface area contributed by atoms with Crippen molar-refractivity contribution >= 4 is 0 Å². The number of ether oxygens (including phenoxy) is 2. The summed E-state index contributed by atoms with van der Waals surface area (Å²) in [6.07, 6.45) is -0.355. The van der Waals surface area contributed by atoms with Gasteiger partial charge in [-0.25, -0.2) is 0 Å². The zero-order chi connectivity index (χ0) is 13.1. The molecule has 0 heterocycles. The van der Waals surface area contributed by atoms with Gasteiger partial charge in [0.2, 0.25) is 0 Å². The van der Waals surface area contributed by atoms with E-state index >= 15 is 0 Å². The Balaban J connectivity index is 3.77. The van der Waals surface area contributed by atoms with Crippen LogP contribution in [0.3, 0.4) is 0 Å². The van der Waals surface area contributed by atoms with Gasteiger partial charge >= 0.3 is 0 Å². The summed E-state index contributed by atoms with van der Waals surface area (Å²) in [5.74, 6) is 0. The van der Waals surface area contributed by atoms with E-state index in [4.69, 9.17) is 9.47 Å². The molecule has 2 unspecified atom stereocenters. The van der Waals surface area contributed by atoms with E-state index in [-0.39, 0.29) is 6.10 Å². The summed E-state index contributed by atoms with van der Waals surface area (Å²) in [4.78, 5) is 2.21. The average molecular weight is 248 g/mol. The van der Waals surface area contributed by atoms with Gasteiger partial charge in [-0.1, -0.05) is 6.92 Å². The fourth-order valence-corrected chi connectivity index (χ4v) is 1.75. The molecule has 0 rings (SSSR count).